The molecular formula is C70H132N2O24. The molecule has 0 aromatic heterocycles. The van der Waals surface area contributed by atoms with Gasteiger partial charge in [0.25, 0.3) is 0 Å². The first-order valence-electron chi connectivity index (χ1n) is 37.3. The molecule has 0 aromatic carbocycles. The first kappa shape index (κ1) is 86.5. The Hall–Kier alpha value is -1.94. The Kier molecular flexibility index (Phi) is 44.7. The molecule has 4 rings (SSSR count). The average Bonchev–Trinajstić information content (AvgIpc) is 0.874. The number of ether oxygens (including phenoxy) is 8. The SMILES string of the molecule is CCCCCCCCCCCCCCCCCCCCCC(O)C(=O)NC(COC1OC(CO)C(O)C(O)C1OC1OC(COC2OC(COC3OC(C(C)O)C(O)C3O)C(O)C(O)C2NC(C)=O)C(O)C(O)C1O)C(O)C(O)CCCCCCCCCCCCCCCCC. The van der Waals surface area contributed by atoms with Gasteiger partial charge in [0.05, 0.1) is 44.7 Å². The highest BCUT2D eigenvalue weighted by Gasteiger charge is 2.53. The van der Waals surface area contributed by atoms with E-state index >= 15 is 0 Å². The maximum atomic E-state index is 13.7. The van der Waals surface area contributed by atoms with Crippen LogP contribution in [0.2, 0.25) is 0 Å². The van der Waals surface area contributed by atoms with Crippen LogP contribution < -0.4 is 10.6 Å². The lowest BCUT2D eigenvalue weighted by Crippen LogP contribution is -2.66. The second-order valence-electron chi connectivity index (χ2n) is 27.8. The van der Waals surface area contributed by atoms with Crippen molar-refractivity contribution in [3.8, 4) is 0 Å². The van der Waals surface area contributed by atoms with Gasteiger partial charge < -0.3 is 120 Å². The average molecular weight is 1390 g/mol. The molecule has 16 N–H and O–H groups in total. The maximum absolute atomic E-state index is 13.7. The smallest absolute Gasteiger partial charge is 0.249 e. The summed E-state index contributed by atoms with van der Waals surface area (Å²) in [5, 5.41) is 159. The second kappa shape index (κ2) is 49.6. The minimum Gasteiger partial charge on any atom is -0.394 e. The number of carbonyl (C=O) groups excluding carboxylic acids is 2. The van der Waals surface area contributed by atoms with Crippen LogP contribution in [0.25, 0.3) is 0 Å². The van der Waals surface area contributed by atoms with Crippen LogP contribution in [-0.2, 0) is 47.5 Å². The number of aliphatic hydroxyl groups is 14. The minimum absolute atomic E-state index is 0.126. The van der Waals surface area contributed by atoms with Gasteiger partial charge in [0.2, 0.25) is 11.8 Å². The molecule has 4 aliphatic rings. The Morgan fingerprint density at radius 3 is 1.26 bits per heavy atom. The Morgan fingerprint density at radius 2 is 0.823 bits per heavy atom. The zero-order valence-corrected chi connectivity index (χ0v) is 58.5. The van der Waals surface area contributed by atoms with Crippen LogP contribution in [-0.4, -0.2) is 257 Å². The third-order valence-corrected chi connectivity index (χ3v) is 19.5. The molecule has 0 aliphatic carbocycles. The van der Waals surface area contributed by atoms with E-state index in [0.29, 0.717) is 12.8 Å². The zero-order valence-electron chi connectivity index (χ0n) is 58.5. The lowest BCUT2D eigenvalue weighted by Gasteiger charge is -2.47. The van der Waals surface area contributed by atoms with Gasteiger partial charge in [-0.2, -0.15) is 0 Å². The first-order valence-corrected chi connectivity index (χ1v) is 37.3. The topological polar surface area (TPSA) is 415 Å². The zero-order chi connectivity index (χ0) is 70.4. The molecule has 4 heterocycles. The third-order valence-electron chi connectivity index (χ3n) is 19.5. The number of carbonyl (C=O) groups is 2. The lowest BCUT2D eigenvalue weighted by molar-refractivity contribution is -0.371. The van der Waals surface area contributed by atoms with Crippen molar-refractivity contribution in [3.63, 3.8) is 0 Å². The maximum Gasteiger partial charge on any atom is 0.249 e. The fraction of sp³-hybridized carbons (Fsp3) is 0.971. The van der Waals surface area contributed by atoms with Crippen molar-refractivity contribution in [2.75, 3.05) is 26.4 Å². The van der Waals surface area contributed by atoms with E-state index in [4.69, 9.17) is 37.9 Å². The van der Waals surface area contributed by atoms with E-state index in [9.17, 15) is 81.1 Å². The molecular weight excluding hydrogens is 1250 g/mol. The summed E-state index contributed by atoms with van der Waals surface area (Å²) in [4.78, 5) is 26.1. The van der Waals surface area contributed by atoms with Gasteiger partial charge in [-0.15, -0.1) is 0 Å². The van der Waals surface area contributed by atoms with Crippen molar-refractivity contribution >= 4 is 11.8 Å². The molecule has 2 amide bonds. The monoisotopic (exact) mass is 1380 g/mol. The molecule has 0 saturated carbocycles. The van der Waals surface area contributed by atoms with Crippen molar-refractivity contribution in [1.82, 2.24) is 10.6 Å². The van der Waals surface area contributed by atoms with Crippen molar-refractivity contribution in [2.45, 2.75) is 406 Å². The molecule has 24 unspecified atom stereocenters. The van der Waals surface area contributed by atoms with Gasteiger partial charge in [-0.1, -0.05) is 232 Å². The van der Waals surface area contributed by atoms with E-state index in [1.165, 1.54) is 155 Å². The molecule has 566 valence electrons. The van der Waals surface area contributed by atoms with Crippen molar-refractivity contribution in [3.05, 3.63) is 0 Å². The van der Waals surface area contributed by atoms with Crippen molar-refractivity contribution in [1.29, 1.82) is 0 Å². The van der Waals surface area contributed by atoms with Gasteiger partial charge in [-0.25, -0.2) is 0 Å². The molecule has 0 radical (unpaired) electrons. The summed E-state index contributed by atoms with van der Waals surface area (Å²) in [6.45, 7) is 4.01. The molecule has 96 heavy (non-hydrogen) atoms. The van der Waals surface area contributed by atoms with Crippen LogP contribution in [0, 0.1) is 0 Å². The molecule has 26 heteroatoms. The van der Waals surface area contributed by atoms with Gasteiger partial charge in [0, 0.05) is 6.92 Å². The van der Waals surface area contributed by atoms with Crippen molar-refractivity contribution in [2.24, 2.45) is 0 Å². The molecule has 26 nitrogen and oxygen atoms in total. The molecule has 0 aromatic rings. The fourth-order valence-corrected chi connectivity index (χ4v) is 13.3. The Balaban J connectivity index is 1.37. The molecule has 0 spiro atoms. The van der Waals surface area contributed by atoms with Crippen LogP contribution in [0.5, 0.6) is 0 Å². The summed E-state index contributed by atoms with van der Waals surface area (Å²) < 4.78 is 46.7. The summed E-state index contributed by atoms with van der Waals surface area (Å²) in [7, 11) is 0. The number of hydrogen-bond donors (Lipinski definition) is 16. The van der Waals surface area contributed by atoms with E-state index in [1.54, 1.807) is 0 Å². The molecule has 4 saturated heterocycles. The number of hydrogen-bond acceptors (Lipinski definition) is 24. The molecule has 0 bridgehead atoms. The molecule has 4 fully saturated rings. The van der Waals surface area contributed by atoms with E-state index in [0.717, 1.165) is 64.7 Å². The van der Waals surface area contributed by atoms with E-state index < -0.39 is 185 Å². The van der Waals surface area contributed by atoms with Crippen molar-refractivity contribution < 1.29 is 119 Å². The summed E-state index contributed by atoms with van der Waals surface area (Å²) in [6, 6.07) is -2.92. The first-order chi connectivity index (χ1) is 46.2. The van der Waals surface area contributed by atoms with Gasteiger partial charge >= 0.3 is 0 Å². The highest BCUT2D eigenvalue weighted by atomic mass is 16.8. The Bertz CT molecular complexity index is 1970. The quantitative estimate of drug-likeness (QED) is 0.0381. The third kappa shape index (κ3) is 30.9. The lowest BCUT2D eigenvalue weighted by atomic mass is 9.96. The Morgan fingerprint density at radius 1 is 0.427 bits per heavy atom. The fourth-order valence-electron chi connectivity index (χ4n) is 13.3. The summed E-state index contributed by atoms with van der Waals surface area (Å²) in [5.74, 6) is -1.53. The summed E-state index contributed by atoms with van der Waals surface area (Å²) >= 11 is 0. The van der Waals surface area contributed by atoms with E-state index in [1.807, 2.05) is 0 Å². The van der Waals surface area contributed by atoms with Crippen LogP contribution in [0.3, 0.4) is 0 Å². The van der Waals surface area contributed by atoms with Crippen LogP contribution in [0.15, 0.2) is 0 Å². The number of amides is 2. The standard InChI is InChI=1S/C70H132N2O24/c1-5-7-9-11-13-15-17-19-21-22-23-24-26-28-30-32-34-36-38-40-49(77)66(88)72-47(54(78)48(76)39-37-35-33-31-29-27-25-20-18-16-14-12-10-8-6-2)42-89-70-65(60(84)55(79)50(41-73)92-70)96-69-62(86)59(83)57(81)52(94-69)43-90-67-53(71-46(4)75)58(82)56(80)51(93-67)44-91-68-63(87)61(85)64(95-68)45(3)74/h45,47-65,67-70,73-74,76-87H,5-44H2,1-4H3,(H,71,75)(H,72,88). The predicted molar refractivity (Wildman–Crippen MR) is 355 cm³/mol. The predicted octanol–water partition coefficient (Wildman–Crippen LogP) is 4.10. The van der Waals surface area contributed by atoms with Gasteiger partial charge in [-0.05, 0) is 19.8 Å². The van der Waals surface area contributed by atoms with Crippen LogP contribution in [0.4, 0.5) is 0 Å². The van der Waals surface area contributed by atoms with Crippen LogP contribution >= 0.6 is 0 Å². The molecule has 24 atom stereocenters. The normalized spacial score (nSPS) is 31.8. The number of unbranched alkanes of at least 4 members (excludes halogenated alkanes) is 32. The Labute approximate surface area is 571 Å². The van der Waals surface area contributed by atoms with Gasteiger partial charge in [-0.3, -0.25) is 9.59 Å². The van der Waals surface area contributed by atoms with Crippen LogP contribution in [0.1, 0.15) is 259 Å². The number of aliphatic hydroxyl groups excluding tert-OH is 14. The summed E-state index contributed by atoms with van der Waals surface area (Å²) in [5.41, 5.74) is 0. The highest BCUT2D eigenvalue weighted by molar-refractivity contribution is 5.80. The largest absolute Gasteiger partial charge is 0.394 e. The van der Waals surface area contributed by atoms with E-state index in [2.05, 4.69) is 24.5 Å². The second-order valence-corrected chi connectivity index (χ2v) is 27.8. The number of nitrogens with one attached hydrogen (secondary N) is 2. The summed E-state index contributed by atoms with van der Waals surface area (Å²) in [6.07, 6.45) is 2.92. The molecule has 4 aliphatic heterocycles. The van der Waals surface area contributed by atoms with Gasteiger partial charge in [0.1, 0.15) is 104 Å². The number of rotatable bonds is 54. The van der Waals surface area contributed by atoms with E-state index in [-0.39, 0.29) is 12.8 Å². The minimum atomic E-state index is -2.09. The van der Waals surface area contributed by atoms with Gasteiger partial charge in [0.15, 0.2) is 25.2 Å². The highest BCUT2D eigenvalue weighted by Crippen LogP contribution is 2.33.